The first-order chi connectivity index (χ1) is 9.47. The second-order valence-corrected chi connectivity index (χ2v) is 8.09. The SMILES string of the molecule is CCCCC(CC)CNC1CCCC(C(C)(C)C)CC1. The zero-order valence-corrected chi connectivity index (χ0v) is 14.8. The molecule has 1 heteroatoms. The first-order valence-corrected chi connectivity index (χ1v) is 9.20. The van der Waals surface area contributed by atoms with E-state index in [1.807, 2.05) is 0 Å². The minimum atomic E-state index is 0.502. The van der Waals surface area contributed by atoms with E-state index in [1.165, 1.54) is 64.3 Å². The van der Waals surface area contributed by atoms with E-state index in [2.05, 4.69) is 39.9 Å². The van der Waals surface area contributed by atoms with E-state index in [9.17, 15) is 0 Å². The summed E-state index contributed by atoms with van der Waals surface area (Å²) in [4.78, 5) is 0. The van der Waals surface area contributed by atoms with E-state index in [-0.39, 0.29) is 0 Å². The van der Waals surface area contributed by atoms with Gasteiger partial charge in [-0.25, -0.2) is 0 Å². The van der Waals surface area contributed by atoms with Gasteiger partial charge in [0.2, 0.25) is 0 Å². The summed E-state index contributed by atoms with van der Waals surface area (Å²) in [6, 6.07) is 0.790. The molecule has 0 heterocycles. The maximum absolute atomic E-state index is 3.89. The van der Waals surface area contributed by atoms with Crippen LogP contribution in [0.25, 0.3) is 0 Å². The molecule has 20 heavy (non-hydrogen) atoms. The van der Waals surface area contributed by atoms with Crippen molar-refractivity contribution in [1.82, 2.24) is 5.32 Å². The van der Waals surface area contributed by atoms with Crippen molar-refractivity contribution >= 4 is 0 Å². The second-order valence-electron chi connectivity index (χ2n) is 8.09. The minimum Gasteiger partial charge on any atom is -0.314 e. The molecule has 1 fully saturated rings. The molecule has 0 aromatic rings. The summed E-state index contributed by atoms with van der Waals surface area (Å²) in [5.41, 5.74) is 0.502. The van der Waals surface area contributed by atoms with Gasteiger partial charge in [-0.2, -0.15) is 0 Å². The lowest BCUT2D eigenvalue weighted by Gasteiger charge is -2.29. The van der Waals surface area contributed by atoms with Crippen LogP contribution >= 0.6 is 0 Å². The summed E-state index contributed by atoms with van der Waals surface area (Å²) in [6.45, 7) is 13.2. The largest absolute Gasteiger partial charge is 0.314 e. The lowest BCUT2D eigenvalue weighted by molar-refractivity contribution is 0.213. The fraction of sp³-hybridized carbons (Fsp3) is 1.00. The molecule has 0 radical (unpaired) electrons. The molecule has 1 saturated carbocycles. The van der Waals surface area contributed by atoms with Gasteiger partial charge in [0.1, 0.15) is 0 Å². The highest BCUT2D eigenvalue weighted by Crippen LogP contribution is 2.36. The van der Waals surface area contributed by atoms with Gasteiger partial charge in [-0.3, -0.25) is 0 Å². The molecule has 0 aromatic heterocycles. The van der Waals surface area contributed by atoms with Crippen LogP contribution in [0.2, 0.25) is 0 Å². The summed E-state index contributed by atoms with van der Waals surface area (Å²) in [7, 11) is 0. The zero-order chi connectivity index (χ0) is 15.0. The smallest absolute Gasteiger partial charge is 0.00672 e. The van der Waals surface area contributed by atoms with Crippen LogP contribution in [0.1, 0.15) is 92.4 Å². The Labute approximate surface area is 128 Å². The van der Waals surface area contributed by atoms with Gasteiger partial charge in [-0.15, -0.1) is 0 Å². The Morgan fingerprint density at radius 2 is 1.80 bits per heavy atom. The first-order valence-electron chi connectivity index (χ1n) is 9.20. The van der Waals surface area contributed by atoms with Gasteiger partial charge in [0.05, 0.1) is 0 Å². The first kappa shape index (κ1) is 18.0. The summed E-state index contributed by atoms with van der Waals surface area (Å²) < 4.78 is 0. The fourth-order valence-electron chi connectivity index (χ4n) is 3.65. The van der Waals surface area contributed by atoms with Crippen molar-refractivity contribution in [3.05, 3.63) is 0 Å². The third-order valence-electron chi connectivity index (χ3n) is 5.43. The summed E-state index contributed by atoms with van der Waals surface area (Å²) in [6.07, 6.45) is 12.6. The van der Waals surface area contributed by atoms with E-state index >= 15 is 0 Å². The summed E-state index contributed by atoms with van der Waals surface area (Å²) >= 11 is 0. The molecule has 0 spiro atoms. The van der Waals surface area contributed by atoms with Crippen molar-refractivity contribution < 1.29 is 0 Å². The molecule has 0 bridgehead atoms. The zero-order valence-electron chi connectivity index (χ0n) is 14.8. The van der Waals surface area contributed by atoms with Crippen LogP contribution in [-0.2, 0) is 0 Å². The van der Waals surface area contributed by atoms with Crippen LogP contribution < -0.4 is 5.32 Å². The van der Waals surface area contributed by atoms with Gasteiger partial charge in [0.15, 0.2) is 0 Å². The van der Waals surface area contributed by atoms with E-state index < -0.39 is 0 Å². The molecule has 1 N–H and O–H groups in total. The van der Waals surface area contributed by atoms with Crippen molar-refractivity contribution in [2.45, 2.75) is 98.4 Å². The molecule has 1 rings (SSSR count). The minimum absolute atomic E-state index is 0.502. The highest BCUT2D eigenvalue weighted by Gasteiger charge is 2.27. The summed E-state index contributed by atoms with van der Waals surface area (Å²) in [5.74, 6) is 1.83. The molecule has 120 valence electrons. The van der Waals surface area contributed by atoms with Crippen LogP contribution in [0.3, 0.4) is 0 Å². The molecule has 1 nitrogen and oxygen atoms in total. The maximum atomic E-state index is 3.89. The third kappa shape index (κ3) is 6.61. The van der Waals surface area contributed by atoms with Gasteiger partial charge in [0, 0.05) is 6.04 Å². The predicted octanol–water partition coefficient (Wildman–Crippen LogP) is 5.79. The van der Waals surface area contributed by atoms with E-state index in [0.717, 1.165) is 17.9 Å². The van der Waals surface area contributed by atoms with Crippen LogP contribution in [0.15, 0.2) is 0 Å². The molecule has 1 aliphatic rings. The Bertz CT molecular complexity index is 241. The molecule has 1 aliphatic carbocycles. The Kier molecular flexibility index (Phi) is 8.17. The predicted molar refractivity (Wildman–Crippen MR) is 91.1 cm³/mol. The van der Waals surface area contributed by atoms with Crippen LogP contribution in [0.4, 0.5) is 0 Å². The number of unbranched alkanes of at least 4 members (excludes halogenated alkanes) is 1. The van der Waals surface area contributed by atoms with Crippen molar-refractivity contribution in [1.29, 1.82) is 0 Å². The van der Waals surface area contributed by atoms with Crippen molar-refractivity contribution in [3.63, 3.8) is 0 Å². The average molecular weight is 282 g/mol. The monoisotopic (exact) mass is 281 g/mol. The van der Waals surface area contributed by atoms with Crippen LogP contribution in [0, 0.1) is 17.3 Å². The van der Waals surface area contributed by atoms with Crippen molar-refractivity contribution in [2.75, 3.05) is 6.54 Å². The third-order valence-corrected chi connectivity index (χ3v) is 5.43. The molecular weight excluding hydrogens is 242 g/mol. The van der Waals surface area contributed by atoms with E-state index in [1.54, 1.807) is 0 Å². The van der Waals surface area contributed by atoms with Gasteiger partial charge in [-0.05, 0) is 55.9 Å². The molecule has 0 aromatic carbocycles. The van der Waals surface area contributed by atoms with E-state index in [0.29, 0.717) is 5.41 Å². The highest BCUT2D eigenvalue weighted by molar-refractivity contribution is 4.81. The Morgan fingerprint density at radius 3 is 2.40 bits per heavy atom. The van der Waals surface area contributed by atoms with Crippen LogP contribution in [-0.4, -0.2) is 12.6 Å². The molecule has 0 amide bonds. The van der Waals surface area contributed by atoms with Crippen molar-refractivity contribution in [2.24, 2.45) is 17.3 Å². The molecule has 0 aliphatic heterocycles. The Balaban J connectivity index is 2.31. The number of rotatable bonds is 7. The molecule has 0 saturated heterocycles. The topological polar surface area (TPSA) is 12.0 Å². The Morgan fingerprint density at radius 1 is 1.05 bits per heavy atom. The normalized spacial score (nSPS) is 26.2. The number of hydrogen-bond donors (Lipinski definition) is 1. The molecular formula is C19H39N. The average Bonchev–Trinajstić information content (AvgIpc) is 2.64. The van der Waals surface area contributed by atoms with Crippen LogP contribution in [0.5, 0.6) is 0 Å². The number of nitrogens with one attached hydrogen (secondary N) is 1. The summed E-state index contributed by atoms with van der Waals surface area (Å²) in [5, 5.41) is 3.89. The fourth-order valence-corrected chi connectivity index (χ4v) is 3.65. The molecule has 3 atom stereocenters. The van der Waals surface area contributed by atoms with E-state index in [4.69, 9.17) is 0 Å². The quantitative estimate of drug-likeness (QED) is 0.583. The van der Waals surface area contributed by atoms with Gasteiger partial charge in [0.25, 0.3) is 0 Å². The number of hydrogen-bond acceptors (Lipinski definition) is 1. The van der Waals surface area contributed by atoms with Crippen molar-refractivity contribution in [3.8, 4) is 0 Å². The lowest BCUT2D eigenvalue weighted by Crippen LogP contribution is -2.33. The van der Waals surface area contributed by atoms with Gasteiger partial charge < -0.3 is 5.32 Å². The standard InChI is InChI=1S/C19H39N/c1-6-8-10-16(7-2)15-20-18-12-9-11-17(13-14-18)19(3,4)5/h16-18,20H,6-15H2,1-5H3. The maximum Gasteiger partial charge on any atom is 0.00672 e. The lowest BCUT2D eigenvalue weighted by atomic mass is 9.76. The molecule has 3 unspecified atom stereocenters. The van der Waals surface area contributed by atoms with Gasteiger partial charge in [-0.1, -0.05) is 60.3 Å². The highest BCUT2D eigenvalue weighted by atomic mass is 14.9. The Hall–Kier alpha value is -0.0400. The second kappa shape index (κ2) is 9.07. The van der Waals surface area contributed by atoms with Gasteiger partial charge >= 0.3 is 0 Å².